The van der Waals surface area contributed by atoms with Gasteiger partial charge in [0.1, 0.15) is 17.1 Å². The third-order valence-corrected chi connectivity index (χ3v) is 5.49. The predicted molar refractivity (Wildman–Crippen MR) is 120 cm³/mol. The van der Waals surface area contributed by atoms with E-state index in [1.165, 1.54) is 23.7 Å². The Balaban J connectivity index is 1.41. The topological polar surface area (TPSA) is 94.8 Å². The van der Waals surface area contributed by atoms with Crippen LogP contribution in [0.2, 0.25) is 0 Å². The molecule has 0 aliphatic heterocycles. The Morgan fingerprint density at radius 1 is 1.10 bits per heavy atom. The lowest BCUT2D eigenvalue weighted by Crippen LogP contribution is -2.14. The van der Waals surface area contributed by atoms with Crippen LogP contribution in [0.5, 0.6) is 5.75 Å². The van der Waals surface area contributed by atoms with Gasteiger partial charge in [-0.15, -0.1) is 5.10 Å². The zero-order valence-electron chi connectivity index (χ0n) is 17.3. The van der Waals surface area contributed by atoms with Gasteiger partial charge in [-0.3, -0.25) is 4.79 Å². The van der Waals surface area contributed by atoms with Crippen molar-refractivity contribution in [3.05, 3.63) is 66.0 Å². The molecular formula is C22H22N6O2S. The second-order valence-electron chi connectivity index (χ2n) is 6.88. The summed E-state index contributed by atoms with van der Waals surface area (Å²) in [5.41, 5.74) is 4.26. The monoisotopic (exact) mass is 434 g/mol. The minimum Gasteiger partial charge on any atom is -0.494 e. The highest BCUT2D eigenvalue weighted by Gasteiger charge is 2.14. The molecule has 9 heteroatoms. The summed E-state index contributed by atoms with van der Waals surface area (Å²) < 4.78 is 7.15. The number of fused-ring (bicyclic) bond motifs is 1. The first-order valence-corrected chi connectivity index (χ1v) is 10.9. The maximum atomic E-state index is 12.4. The lowest BCUT2D eigenvalue weighted by Gasteiger charge is -2.07. The molecule has 0 spiro atoms. The molecule has 0 atom stereocenters. The van der Waals surface area contributed by atoms with Crippen LogP contribution >= 0.6 is 11.8 Å². The maximum Gasteiger partial charge on any atom is 0.234 e. The number of carbonyl (C=O) groups is 1. The smallest absolute Gasteiger partial charge is 0.234 e. The number of nitrogens with one attached hydrogen (secondary N) is 1. The van der Waals surface area contributed by atoms with E-state index < -0.39 is 0 Å². The van der Waals surface area contributed by atoms with Crippen molar-refractivity contribution in [1.29, 1.82) is 0 Å². The molecule has 0 radical (unpaired) electrons. The molecule has 8 nitrogen and oxygen atoms in total. The van der Waals surface area contributed by atoms with Crippen molar-refractivity contribution < 1.29 is 9.53 Å². The Labute approximate surface area is 184 Å². The van der Waals surface area contributed by atoms with Gasteiger partial charge in [0.15, 0.2) is 11.2 Å². The summed E-state index contributed by atoms with van der Waals surface area (Å²) in [6.45, 7) is 5.15. The molecule has 4 aromatic rings. The molecule has 0 bridgehead atoms. The van der Waals surface area contributed by atoms with Crippen molar-refractivity contribution in [2.75, 3.05) is 17.7 Å². The lowest BCUT2D eigenvalue weighted by molar-refractivity contribution is -0.113. The number of hydrogen-bond donors (Lipinski definition) is 1. The van der Waals surface area contributed by atoms with Crippen LogP contribution in [0.4, 0.5) is 5.69 Å². The van der Waals surface area contributed by atoms with Crippen LogP contribution in [0.15, 0.2) is 59.9 Å². The van der Waals surface area contributed by atoms with Crippen molar-refractivity contribution in [3.8, 4) is 5.75 Å². The SMILES string of the molecule is CCOc1ccc(NC(=O)CSc2ncnc3c2nnn3Cc2ccc(C)cc2)cc1. The summed E-state index contributed by atoms with van der Waals surface area (Å²) >= 11 is 1.31. The van der Waals surface area contributed by atoms with Gasteiger partial charge in [-0.05, 0) is 43.7 Å². The number of ether oxygens (including phenoxy) is 1. The third kappa shape index (κ3) is 5.18. The van der Waals surface area contributed by atoms with E-state index in [0.717, 1.165) is 11.3 Å². The normalized spacial score (nSPS) is 10.9. The van der Waals surface area contributed by atoms with Crippen molar-refractivity contribution >= 4 is 34.5 Å². The molecular weight excluding hydrogens is 412 g/mol. The van der Waals surface area contributed by atoms with Crippen molar-refractivity contribution in [2.24, 2.45) is 0 Å². The van der Waals surface area contributed by atoms with Crippen LogP contribution in [0.1, 0.15) is 18.1 Å². The summed E-state index contributed by atoms with van der Waals surface area (Å²) in [5, 5.41) is 12.0. The summed E-state index contributed by atoms with van der Waals surface area (Å²) in [4.78, 5) is 21.0. The molecule has 1 amide bonds. The van der Waals surface area contributed by atoms with Crippen LogP contribution in [-0.2, 0) is 11.3 Å². The van der Waals surface area contributed by atoms with E-state index in [9.17, 15) is 4.79 Å². The van der Waals surface area contributed by atoms with Gasteiger partial charge in [0.2, 0.25) is 5.91 Å². The Hall–Kier alpha value is -3.46. The van der Waals surface area contributed by atoms with E-state index in [1.54, 1.807) is 4.68 Å². The quantitative estimate of drug-likeness (QED) is 0.334. The lowest BCUT2D eigenvalue weighted by atomic mass is 10.1. The van der Waals surface area contributed by atoms with Gasteiger partial charge in [0.05, 0.1) is 18.9 Å². The molecule has 0 saturated heterocycles. The van der Waals surface area contributed by atoms with Crippen LogP contribution < -0.4 is 10.1 Å². The molecule has 2 aromatic carbocycles. The fourth-order valence-electron chi connectivity index (χ4n) is 2.98. The zero-order valence-corrected chi connectivity index (χ0v) is 18.1. The number of benzene rings is 2. The zero-order chi connectivity index (χ0) is 21.6. The molecule has 2 aromatic heterocycles. The van der Waals surface area contributed by atoms with E-state index in [1.807, 2.05) is 31.2 Å². The first-order chi connectivity index (χ1) is 15.1. The number of rotatable bonds is 8. The summed E-state index contributed by atoms with van der Waals surface area (Å²) in [7, 11) is 0. The summed E-state index contributed by atoms with van der Waals surface area (Å²) in [6.07, 6.45) is 1.48. The number of amides is 1. The molecule has 0 aliphatic carbocycles. The second kappa shape index (κ2) is 9.57. The van der Waals surface area contributed by atoms with Crippen molar-refractivity contribution in [1.82, 2.24) is 25.0 Å². The highest BCUT2D eigenvalue weighted by Crippen LogP contribution is 2.23. The molecule has 0 unspecified atom stereocenters. The Morgan fingerprint density at radius 3 is 2.61 bits per heavy atom. The van der Waals surface area contributed by atoms with Crippen molar-refractivity contribution in [2.45, 2.75) is 25.4 Å². The van der Waals surface area contributed by atoms with E-state index in [-0.39, 0.29) is 11.7 Å². The molecule has 0 fully saturated rings. The number of anilines is 1. The summed E-state index contributed by atoms with van der Waals surface area (Å²) in [5.74, 6) is 0.837. The van der Waals surface area contributed by atoms with Gasteiger partial charge in [0, 0.05) is 5.69 Å². The first-order valence-electron chi connectivity index (χ1n) is 9.87. The molecule has 1 N–H and O–H groups in total. The Morgan fingerprint density at radius 2 is 1.87 bits per heavy atom. The van der Waals surface area contributed by atoms with E-state index >= 15 is 0 Å². The fraction of sp³-hybridized carbons (Fsp3) is 0.227. The molecule has 0 saturated carbocycles. The van der Waals surface area contributed by atoms with Crippen molar-refractivity contribution in [3.63, 3.8) is 0 Å². The number of nitrogens with zero attached hydrogens (tertiary/aromatic N) is 5. The number of carbonyl (C=O) groups excluding carboxylic acids is 1. The molecule has 31 heavy (non-hydrogen) atoms. The second-order valence-corrected chi connectivity index (χ2v) is 7.84. The van der Waals surface area contributed by atoms with Crippen LogP contribution in [-0.4, -0.2) is 43.2 Å². The fourth-order valence-corrected chi connectivity index (χ4v) is 3.71. The highest BCUT2D eigenvalue weighted by molar-refractivity contribution is 8.00. The number of aryl methyl sites for hydroxylation is 1. The number of aromatic nitrogens is 5. The van der Waals surface area contributed by atoms with Gasteiger partial charge in [-0.2, -0.15) is 0 Å². The number of hydrogen-bond acceptors (Lipinski definition) is 7. The van der Waals surface area contributed by atoms with E-state index in [0.29, 0.717) is 35.0 Å². The van der Waals surface area contributed by atoms with Crippen LogP contribution in [0.25, 0.3) is 11.2 Å². The predicted octanol–water partition coefficient (Wildman–Crippen LogP) is 3.71. The van der Waals surface area contributed by atoms with Crippen LogP contribution in [0, 0.1) is 6.92 Å². The minimum absolute atomic E-state index is 0.132. The standard InChI is InChI=1S/C22H22N6O2S/c1-3-30-18-10-8-17(9-11-18)25-19(29)13-31-22-20-21(23-14-24-22)28(27-26-20)12-16-6-4-15(2)5-7-16/h4-11,14H,3,12-13H2,1-2H3,(H,25,29). The maximum absolute atomic E-state index is 12.4. The van der Waals surface area contributed by atoms with Gasteiger partial charge in [0.25, 0.3) is 0 Å². The van der Waals surface area contributed by atoms with Gasteiger partial charge in [-0.25, -0.2) is 14.6 Å². The average Bonchev–Trinajstić information content (AvgIpc) is 3.19. The van der Waals surface area contributed by atoms with Gasteiger partial charge < -0.3 is 10.1 Å². The summed E-state index contributed by atoms with van der Waals surface area (Å²) in [6, 6.07) is 15.5. The minimum atomic E-state index is -0.132. The Bertz CT molecular complexity index is 1180. The Kier molecular flexibility index (Phi) is 6.42. The van der Waals surface area contributed by atoms with Crippen LogP contribution in [0.3, 0.4) is 0 Å². The van der Waals surface area contributed by atoms with Gasteiger partial charge >= 0.3 is 0 Å². The largest absolute Gasteiger partial charge is 0.494 e. The van der Waals surface area contributed by atoms with E-state index in [4.69, 9.17) is 4.74 Å². The van der Waals surface area contributed by atoms with E-state index in [2.05, 4.69) is 56.8 Å². The molecule has 2 heterocycles. The molecule has 4 rings (SSSR count). The third-order valence-electron chi connectivity index (χ3n) is 4.51. The number of thioether (sulfide) groups is 1. The van der Waals surface area contributed by atoms with Gasteiger partial charge in [-0.1, -0.05) is 46.8 Å². The molecule has 158 valence electrons. The highest BCUT2D eigenvalue weighted by atomic mass is 32.2. The molecule has 0 aliphatic rings. The first kappa shape index (κ1) is 20.8. The average molecular weight is 435 g/mol.